The van der Waals surface area contributed by atoms with Crippen LogP contribution in [0.1, 0.15) is 19.3 Å². The van der Waals surface area contributed by atoms with Crippen LogP contribution in [0.15, 0.2) is 47.6 Å². The van der Waals surface area contributed by atoms with Crippen molar-refractivity contribution in [2.45, 2.75) is 25.2 Å². The highest BCUT2D eigenvalue weighted by Gasteiger charge is 2.36. The molecule has 0 saturated carbocycles. The van der Waals surface area contributed by atoms with Crippen molar-refractivity contribution < 1.29 is 8.78 Å². The first-order valence-corrected chi connectivity index (χ1v) is 5.55. The van der Waals surface area contributed by atoms with E-state index in [1.165, 1.54) is 0 Å². The molecule has 0 saturated heterocycles. The molecule has 0 amide bonds. The van der Waals surface area contributed by atoms with Crippen LogP contribution in [-0.4, -0.2) is 5.92 Å². The zero-order chi connectivity index (χ0) is 12.5. The summed E-state index contributed by atoms with van der Waals surface area (Å²) >= 11 is 0. The van der Waals surface area contributed by atoms with Crippen molar-refractivity contribution in [2.75, 3.05) is 0 Å². The number of allylic oxidation sites excluding steroid dienone is 7. The summed E-state index contributed by atoms with van der Waals surface area (Å²) in [6, 6.07) is 2.06. The van der Waals surface area contributed by atoms with Crippen LogP contribution in [0.25, 0.3) is 0 Å². The molecule has 0 aromatic carbocycles. The average molecular weight is 233 g/mol. The summed E-state index contributed by atoms with van der Waals surface area (Å²) in [5.41, 5.74) is 2.08. The van der Waals surface area contributed by atoms with Crippen molar-refractivity contribution in [3.63, 3.8) is 0 Å². The fourth-order valence-electron chi connectivity index (χ4n) is 2.22. The maximum atomic E-state index is 13.2. The van der Waals surface area contributed by atoms with Crippen molar-refractivity contribution in [2.24, 2.45) is 5.92 Å². The van der Waals surface area contributed by atoms with Gasteiger partial charge in [0.05, 0.1) is 6.07 Å². The highest BCUT2D eigenvalue weighted by Crippen LogP contribution is 2.41. The molecular weight excluding hydrogens is 220 g/mol. The van der Waals surface area contributed by atoms with Crippen molar-refractivity contribution >= 4 is 0 Å². The molecule has 2 rings (SSSR count). The minimum absolute atomic E-state index is 0.199. The molecule has 88 valence electrons. The topological polar surface area (TPSA) is 23.8 Å². The Morgan fingerprint density at radius 3 is 2.82 bits per heavy atom. The molecular formula is C14H13F2N. The summed E-state index contributed by atoms with van der Waals surface area (Å²) < 4.78 is 26.3. The molecule has 1 atom stereocenters. The van der Waals surface area contributed by atoms with Gasteiger partial charge in [-0.1, -0.05) is 36.0 Å². The van der Waals surface area contributed by atoms with E-state index in [0.717, 1.165) is 5.57 Å². The summed E-state index contributed by atoms with van der Waals surface area (Å²) in [4.78, 5) is 0. The molecule has 0 aromatic rings. The fourth-order valence-corrected chi connectivity index (χ4v) is 2.22. The third-order valence-electron chi connectivity index (χ3n) is 3.12. The molecule has 1 unspecified atom stereocenters. The van der Waals surface area contributed by atoms with Crippen LogP contribution < -0.4 is 0 Å². The highest BCUT2D eigenvalue weighted by molar-refractivity contribution is 5.42. The Morgan fingerprint density at radius 2 is 2.24 bits per heavy atom. The van der Waals surface area contributed by atoms with Crippen molar-refractivity contribution in [3.8, 4) is 6.07 Å². The predicted octanol–water partition coefficient (Wildman–Crippen LogP) is 3.92. The van der Waals surface area contributed by atoms with Gasteiger partial charge in [0.15, 0.2) is 0 Å². The first-order chi connectivity index (χ1) is 8.02. The Kier molecular flexibility index (Phi) is 2.97. The summed E-state index contributed by atoms with van der Waals surface area (Å²) in [6.45, 7) is 3.93. The largest absolute Gasteiger partial charge is 0.255 e. The van der Waals surface area contributed by atoms with E-state index >= 15 is 0 Å². The second kappa shape index (κ2) is 4.29. The van der Waals surface area contributed by atoms with Gasteiger partial charge in [0, 0.05) is 24.3 Å². The third-order valence-corrected chi connectivity index (χ3v) is 3.12. The van der Waals surface area contributed by atoms with E-state index in [2.05, 4.69) is 12.6 Å². The molecule has 3 heteroatoms. The lowest BCUT2D eigenvalue weighted by Gasteiger charge is -2.17. The number of halogens is 2. The average Bonchev–Trinajstić information content (AvgIpc) is 2.52. The van der Waals surface area contributed by atoms with Gasteiger partial charge in [-0.2, -0.15) is 5.26 Å². The second-order valence-corrected chi connectivity index (χ2v) is 4.49. The number of alkyl halides is 2. The van der Waals surface area contributed by atoms with Crippen LogP contribution in [-0.2, 0) is 0 Å². The normalized spacial score (nSPS) is 27.1. The maximum Gasteiger partial charge on any atom is 0.255 e. The van der Waals surface area contributed by atoms with Gasteiger partial charge >= 0.3 is 0 Å². The molecule has 2 aliphatic rings. The number of hydrogen-bond acceptors (Lipinski definition) is 1. The van der Waals surface area contributed by atoms with E-state index < -0.39 is 5.92 Å². The standard InChI is InChI=1S/C14H13F2N/c1-10-3-2-4-11(9-17)7-13(10)12-5-6-14(15,16)8-12/h2,4-5,7,13H,1,3,6,8H2. The summed E-state index contributed by atoms with van der Waals surface area (Å²) in [6.07, 6.45) is 7.12. The smallest absolute Gasteiger partial charge is 0.206 e. The van der Waals surface area contributed by atoms with Gasteiger partial charge in [-0.15, -0.1) is 0 Å². The molecule has 0 aliphatic heterocycles. The Bertz CT molecular complexity index is 475. The van der Waals surface area contributed by atoms with Crippen LogP contribution in [0.3, 0.4) is 0 Å². The second-order valence-electron chi connectivity index (χ2n) is 4.49. The molecule has 0 aromatic heterocycles. The SMILES string of the molecule is C=C1CC=CC(C#N)=CC1C1=CCC(F)(F)C1. The molecule has 0 bridgehead atoms. The van der Waals surface area contributed by atoms with Crippen LogP contribution in [0.4, 0.5) is 8.78 Å². The highest BCUT2D eigenvalue weighted by atomic mass is 19.3. The van der Waals surface area contributed by atoms with Gasteiger partial charge in [-0.25, -0.2) is 8.78 Å². The van der Waals surface area contributed by atoms with Crippen molar-refractivity contribution in [1.82, 2.24) is 0 Å². The lowest BCUT2D eigenvalue weighted by atomic mass is 9.89. The Hall–Kier alpha value is -1.69. The summed E-state index contributed by atoms with van der Waals surface area (Å²) in [7, 11) is 0. The van der Waals surface area contributed by atoms with Gasteiger partial charge < -0.3 is 0 Å². The maximum absolute atomic E-state index is 13.2. The summed E-state index contributed by atoms with van der Waals surface area (Å²) in [5.74, 6) is -2.84. The van der Waals surface area contributed by atoms with E-state index in [1.54, 1.807) is 18.2 Å². The van der Waals surface area contributed by atoms with Crippen LogP contribution in [0, 0.1) is 17.2 Å². The molecule has 2 aliphatic carbocycles. The molecule has 0 spiro atoms. The Morgan fingerprint density at radius 1 is 1.47 bits per heavy atom. The van der Waals surface area contributed by atoms with E-state index in [1.807, 2.05) is 6.08 Å². The van der Waals surface area contributed by atoms with Gasteiger partial charge in [-0.05, 0) is 12.5 Å². The molecule has 0 fully saturated rings. The summed E-state index contributed by atoms with van der Waals surface area (Å²) in [5, 5.41) is 8.90. The van der Waals surface area contributed by atoms with Crippen LogP contribution in [0.5, 0.6) is 0 Å². The van der Waals surface area contributed by atoms with E-state index in [9.17, 15) is 8.78 Å². The third kappa shape index (κ3) is 2.52. The Balaban J connectivity index is 2.26. The number of nitriles is 1. The number of nitrogens with zero attached hydrogens (tertiary/aromatic N) is 1. The quantitative estimate of drug-likeness (QED) is 0.629. The molecule has 0 heterocycles. The zero-order valence-electron chi connectivity index (χ0n) is 9.42. The fraction of sp³-hybridized carbons (Fsp3) is 0.357. The Labute approximate surface area is 99.4 Å². The molecule has 17 heavy (non-hydrogen) atoms. The van der Waals surface area contributed by atoms with Crippen molar-refractivity contribution in [3.05, 3.63) is 47.6 Å². The first kappa shape index (κ1) is 11.8. The number of rotatable bonds is 1. The van der Waals surface area contributed by atoms with Gasteiger partial charge in [0.2, 0.25) is 0 Å². The van der Waals surface area contributed by atoms with E-state index in [-0.39, 0.29) is 18.8 Å². The van der Waals surface area contributed by atoms with E-state index in [4.69, 9.17) is 5.26 Å². The molecule has 0 N–H and O–H groups in total. The zero-order valence-corrected chi connectivity index (χ0v) is 9.42. The van der Waals surface area contributed by atoms with Gasteiger partial charge in [-0.3, -0.25) is 0 Å². The van der Waals surface area contributed by atoms with E-state index in [0.29, 0.717) is 17.6 Å². The van der Waals surface area contributed by atoms with Gasteiger partial charge in [0.25, 0.3) is 5.92 Å². The van der Waals surface area contributed by atoms with Crippen molar-refractivity contribution in [1.29, 1.82) is 5.26 Å². The van der Waals surface area contributed by atoms with Crippen LogP contribution in [0.2, 0.25) is 0 Å². The predicted molar refractivity (Wildman–Crippen MR) is 62.3 cm³/mol. The minimum Gasteiger partial charge on any atom is -0.206 e. The lowest BCUT2D eigenvalue weighted by Crippen LogP contribution is -2.12. The number of hydrogen-bond donors (Lipinski definition) is 0. The first-order valence-electron chi connectivity index (χ1n) is 5.55. The van der Waals surface area contributed by atoms with Crippen LogP contribution >= 0.6 is 0 Å². The van der Waals surface area contributed by atoms with Gasteiger partial charge in [0.1, 0.15) is 0 Å². The monoisotopic (exact) mass is 233 g/mol. The molecule has 0 radical (unpaired) electrons. The lowest BCUT2D eigenvalue weighted by molar-refractivity contribution is 0.0132. The molecule has 1 nitrogen and oxygen atoms in total. The minimum atomic E-state index is -2.63.